The molecule has 2 N–H and O–H groups in total. The Morgan fingerprint density at radius 2 is 1.95 bits per heavy atom. The van der Waals surface area contributed by atoms with Crippen LogP contribution in [0.25, 0.3) is 10.9 Å². The maximum Gasteiger partial charge on any atom is 0.0456 e. The third-order valence-corrected chi connectivity index (χ3v) is 3.62. The second-order valence-electron chi connectivity index (χ2n) is 4.94. The standard InChI is InChI=1S/C16H25N3/c1-3-19(4-2)11-7-10-17-13-15-12-14-8-5-6-9-16(14)18-15/h5-6,8-9,12,17-18H,3-4,7,10-11,13H2,1-2H3. The molecule has 0 bridgehead atoms. The highest BCUT2D eigenvalue weighted by Crippen LogP contribution is 2.14. The number of nitrogens with one attached hydrogen (secondary N) is 2. The number of hydrogen-bond acceptors (Lipinski definition) is 2. The van der Waals surface area contributed by atoms with Crippen LogP contribution in [0.3, 0.4) is 0 Å². The van der Waals surface area contributed by atoms with Gasteiger partial charge in [-0.3, -0.25) is 0 Å². The molecular formula is C16H25N3. The molecule has 1 heterocycles. The van der Waals surface area contributed by atoms with E-state index >= 15 is 0 Å². The van der Waals surface area contributed by atoms with E-state index in [1.807, 2.05) is 0 Å². The molecule has 0 amide bonds. The molecule has 0 fully saturated rings. The molecular weight excluding hydrogens is 234 g/mol. The van der Waals surface area contributed by atoms with E-state index in [1.165, 1.54) is 29.6 Å². The molecule has 0 atom stereocenters. The number of benzene rings is 1. The van der Waals surface area contributed by atoms with E-state index in [0.717, 1.165) is 26.2 Å². The lowest BCUT2D eigenvalue weighted by atomic mass is 10.2. The summed E-state index contributed by atoms with van der Waals surface area (Å²) in [7, 11) is 0. The molecule has 0 aliphatic rings. The van der Waals surface area contributed by atoms with E-state index in [-0.39, 0.29) is 0 Å². The lowest BCUT2D eigenvalue weighted by molar-refractivity contribution is 0.298. The lowest BCUT2D eigenvalue weighted by Crippen LogP contribution is -2.27. The molecule has 0 aliphatic carbocycles. The van der Waals surface area contributed by atoms with Gasteiger partial charge in [0.2, 0.25) is 0 Å². The fraction of sp³-hybridized carbons (Fsp3) is 0.500. The van der Waals surface area contributed by atoms with Gasteiger partial charge in [-0.25, -0.2) is 0 Å². The summed E-state index contributed by atoms with van der Waals surface area (Å²) in [6, 6.07) is 10.7. The molecule has 0 unspecified atom stereocenters. The van der Waals surface area contributed by atoms with Crippen LogP contribution in [0.4, 0.5) is 0 Å². The van der Waals surface area contributed by atoms with Crippen LogP contribution in [0.15, 0.2) is 30.3 Å². The van der Waals surface area contributed by atoms with Crippen molar-refractivity contribution in [3.05, 3.63) is 36.0 Å². The predicted octanol–water partition coefficient (Wildman–Crippen LogP) is 2.99. The number of nitrogens with zero attached hydrogens (tertiary/aromatic N) is 1. The van der Waals surface area contributed by atoms with Gasteiger partial charge in [-0.15, -0.1) is 0 Å². The molecule has 19 heavy (non-hydrogen) atoms. The molecule has 2 rings (SSSR count). The Kier molecular flexibility index (Phi) is 5.43. The highest BCUT2D eigenvalue weighted by molar-refractivity contribution is 5.80. The Hall–Kier alpha value is -1.32. The van der Waals surface area contributed by atoms with E-state index in [0.29, 0.717) is 0 Å². The SMILES string of the molecule is CCN(CC)CCCNCc1cc2ccccc2[nH]1. The van der Waals surface area contributed by atoms with Crippen molar-refractivity contribution in [1.29, 1.82) is 0 Å². The van der Waals surface area contributed by atoms with Crippen molar-refractivity contribution in [3.63, 3.8) is 0 Å². The van der Waals surface area contributed by atoms with E-state index < -0.39 is 0 Å². The Morgan fingerprint density at radius 3 is 2.68 bits per heavy atom. The smallest absolute Gasteiger partial charge is 0.0456 e. The highest BCUT2D eigenvalue weighted by atomic mass is 15.1. The maximum atomic E-state index is 3.51. The fourth-order valence-corrected chi connectivity index (χ4v) is 2.42. The first-order valence-corrected chi connectivity index (χ1v) is 7.33. The maximum absolute atomic E-state index is 3.51. The van der Waals surface area contributed by atoms with Crippen LogP contribution >= 0.6 is 0 Å². The first kappa shape index (κ1) is 14.1. The summed E-state index contributed by atoms with van der Waals surface area (Å²) in [5.41, 5.74) is 2.49. The highest BCUT2D eigenvalue weighted by Gasteiger charge is 2.00. The van der Waals surface area contributed by atoms with Crippen LogP contribution in [-0.2, 0) is 6.54 Å². The van der Waals surface area contributed by atoms with Gasteiger partial charge < -0.3 is 15.2 Å². The largest absolute Gasteiger partial charge is 0.357 e. The topological polar surface area (TPSA) is 31.1 Å². The second-order valence-corrected chi connectivity index (χ2v) is 4.94. The summed E-state index contributed by atoms with van der Waals surface area (Å²) in [6.07, 6.45) is 1.21. The molecule has 1 aromatic carbocycles. The quantitative estimate of drug-likeness (QED) is 0.714. The number of hydrogen-bond donors (Lipinski definition) is 2. The molecule has 1 aromatic heterocycles. The van der Waals surface area contributed by atoms with Gasteiger partial charge in [0.1, 0.15) is 0 Å². The first-order chi connectivity index (χ1) is 9.33. The fourth-order valence-electron chi connectivity index (χ4n) is 2.42. The third-order valence-electron chi connectivity index (χ3n) is 3.62. The van der Waals surface area contributed by atoms with Crippen molar-refractivity contribution in [2.24, 2.45) is 0 Å². The summed E-state index contributed by atoms with van der Waals surface area (Å²) >= 11 is 0. The number of aromatic amines is 1. The van der Waals surface area contributed by atoms with Gasteiger partial charge in [0.05, 0.1) is 0 Å². The zero-order valence-electron chi connectivity index (χ0n) is 12.1. The molecule has 0 radical (unpaired) electrons. The molecule has 0 aliphatic heterocycles. The van der Waals surface area contributed by atoms with Gasteiger partial charge >= 0.3 is 0 Å². The average Bonchev–Trinajstić information content (AvgIpc) is 2.85. The first-order valence-electron chi connectivity index (χ1n) is 7.33. The van der Waals surface area contributed by atoms with Gasteiger partial charge in [-0.1, -0.05) is 32.0 Å². The van der Waals surface area contributed by atoms with Crippen LogP contribution in [0, 0.1) is 0 Å². The Balaban J connectivity index is 1.71. The molecule has 3 nitrogen and oxygen atoms in total. The van der Waals surface area contributed by atoms with E-state index in [1.54, 1.807) is 0 Å². The zero-order chi connectivity index (χ0) is 13.5. The normalized spacial score (nSPS) is 11.5. The summed E-state index contributed by atoms with van der Waals surface area (Å²) in [4.78, 5) is 5.91. The molecule has 0 spiro atoms. The number of rotatable bonds is 8. The van der Waals surface area contributed by atoms with Gasteiger partial charge in [0.15, 0.2) is 0 Å². The van der Waals surface area contributed by atoms with Gasteiger partial charge in [-0.05, 0) is 50.1 Å². The zero-order valence-corrected chi connectivity index (χ0v) is 12.1. The van der Waals surface area contributed by atoms with Crippen LogP contribution in [-0.4, -0.2) is 36.1 Å². The van der Waals surface area contributed by atoms with Crippen molar-refractivity contribution in [3.8, 4) is 0 Å². The monoisotopic (exact) mass is 259 g/mol. The minimum Gasteiger partial charge on any atom is -0.357 e. The molecule has 0 saturated carbocycles. The van der Waals surface area contributed by atoms with E-state index in [2.05, 4.69) is 59.4 Å². The predicted molar refractivity (Wildman–Crippen MR) is 82.4 cm³/mol. The molecule has 0 saturated heterocycles. The van der Waals surface area contributed by atoms with Gasteiger partial charge in [0.25, 0.3) is 0 Å². The van der Waals surface area contributed by atoms with Crippen molar-refractivity contribution in [1.82, 2.24) is 15.2 Å². The van der Waals surface area contributed by atoms with E-state index in [4.69, 9.17) is 0 Å². The number of aromatic nitrogens is 1. The van der Waals surface area contributed by atoms with Gasteiger partial charge in [0, 0.05) is 17.8 Å². The summed E-state index contributed by atoms with van der Waals surface area (Å²) in [5, 5.41) is 4.80. The van der Waals surface area contributed by atoms with Gasteiger partial charge in [-0.2, -0.15) is 0 Å². The Labute approximate surface area is 116 Å². The lowest BCUT2D eigenvalue weighted by Gasteiger charge is -2.17. The average molecular weight is 259 g/mol. The van der Waals surface area contributed by atoms with Crippen molar-refractivity contribution in [2.75, 3.05) is 26.2 Å². The minimum absolute atomic E-state index is 0.924. The minimum atomic E-state index is 0.924. The Morgan fingerprint density at radius 1 is 1.16 bits per heavy atom. The van der Waals surface area contributed by atoms with Crippen molar-refractivity contribution >= 4 is 10.9 Å². The summed E-state index contributed by atoms with van der Waals surface area (Å²) in [5.74, 6) is 0. The molecule has 104 valence electrons. The summed E-state index contributed by atoms with van der Waals surface area (Å²) in [6.45, 7) is 9.94. The summed E-state index contributed by atoms with van der Waals surface area (Å²) < 4.78 is 0. The van der Waals surface area contributed by atoms with Crippen LogP contribution < -0.4 is 5.32 Å². The van der Waals surface area contributed by atoms with E-state index in [9.17, 15) is 0 Å². The second kappa shape index (κ2) is 7.31. The Bertz CT molecular complexity index is 452. The third kappa shape index (κ3) is 4.08. The van der Waals surface area contributed by atoms with Crippen molar-refractivity contribution in [2.45, 2.75) is 26.8 Å². The van der Waals surface area contributed by atoms with Crippen LogP contribution in [0.5, 0.6) is 0 Å². The number of fused-ring (bicyclic) bond motifs is 1. The molecule has 3 heteroatoms. The van der Waals surface area contributed by atoms with Crippen LogP contribution in [0.1, 0.15) is 26.0 Å². The van der Waals surface area contributed by atoms with Crippen LogP contribution in [0.2, 0.25) is 0 Å². The number of H-pyrrole nitrogens is 1. The number of para-hydroxylation sites is 1. The van der Waals surface area contributed by atoms with Crippen molar-refractivity contribution < 1.29 is 0 Å². The molecule has 2 aromatic rings.